The molecule has 0 unspecified atom stereocenters. The molecule has 0 amide bonds. The molecule has 2 N–H and O–H groups in total. The maximum atomic E-state index is 13.4. The van der Waals surface area contributed by atoms with E-state index in [1.165, 1.54) is 25.3 Å². The number of hydrogen-bond donors (Lipinski definition) is 2. The Morgan fingerprint density at radius 2 is 2.17 bits per heavy atom. The van der Waals surface area contributed by atoms with E-state index < -0.39 is 11.8 Å². The highest BCUT2D eigenvalue weighted by atomic mass is 19.1. The molecule has 0 bridgehead atoms. The lowest BCUT2D eigenvalue weighted by atomic mass is 10.1. The number of aromatic amines is 1. The van der Waals surface area contributed by atoms with Gasteiger partial charge < -0.3 is 9.84 Å². The fraction of sp³-hybridized carbons (Fsp3) is 0.167. The number of carboxylic acid groups (broad SMARTS) is 1. The van der Waals surface area contributed by atoms with Crippen LogP contribution < -0.4 is 4.74 Å². The molecule has 1 aromatic heterocycles. The minimum atomic E-state index is -1.12. The molecule has 2 aromatic rings. The Bertz CT molecular complexity index is 607. The topological polar surface area (TPSA) is 75.2 Å². The zero-order valence-electron chi connectivity index (χ0n) is 9.82. The van der Waals surface area contributed by atoms with Crippen LogP contribution in [0.5, 0.6) is 5.75 Å². The second-order valence-corrected chi connectivity index (χ2v) is 3.78. The van der Waals surface area contributed by atoms with Crippen LogP contribution in [-0.4, -0.2) is 28.4 Å². The van der Waals surface area contributed by atoms with Crippen LogP contribution in [0.15, 0.2) is 18.2 Å². The smallest absolute Gasteiger partial charge is 0.353 e. The van der Waals surface area contributed by atoms with Crippen molar-refractivity contribution < 1.29 is 19.0 Å². The average molecular weight is 250 g/mol. The van der Waals surface area contributed by atoms with Gasteiger partial charge in [-0.3, -0.25) is 5.10 Å². The second-order valence-electron chi connectivity index (χ2n) is 3.78. The summed E-state index contributed by atoms with van der Waals surface area (Å²) in [5, 5.41) is 15.0. The summed E-state index contributed by atoms with van der Waals surface area (Å²) < 4.78 is 18.6. The fourth-order valence-corrected chi connectivity index (χ4v) is 1.76. The Hall–Kier alpha value is -2.37. The van der Waals surface area contributed by atoms with Gasteiger partial charge in [-0.2, -0.15) is 5.10 Å². The Morgan fingerprint density at radius 3 is 2.72 bits per heavy atom. The van der Waals surface area contributed by atoms with Gasteiger partial charge in [0.25, 0.3) is 0 Å². The van der Waals surface area contributed by atoms with E-state index in [9.17, 15) is 9.18 Å². The van der Waals surface area contributed by atoms with Crippen molar-refractivity contribution in [1.29, 1.82) is 0 Å². The molecular formula is C12H11FN2O3. The lowest BCUT2D eigenvalue weighted by molar-refractivity contribution is 0.0690. The first kappa shape index (κ1) is 12.1. The van der Waals surface area contributed by atoms with Crippen LogP contribution in [0, 0.1) is 12.7 Å². The van der Waals surface area contributed by atoms with Crippen molar-refractivity contribution in [2.75, 3.05) is 7.11 Å². The van der Waals surface area contributed by atoms with Gasteiger partial charge >= 0.3 is 5.97 Å². The Kier molecular flexibility index (Phi) is 3.01. The molecule has 0 saturated heterocycles. The predicted molar refractivity (Wildman–Crippen MR) is 62.2 cm³/mol. The molecule has 6 heteroatoms. The first-order valence-corrected chi connectivity index (χ1v) is 5.16. The number of rotatable bonds is 3. The second kappa shape index (κ2) is 4.48. The highest BCUT2D eigenvalue weighted by molar-refractivity contribution is 5.87. The highest BCUT2D eigenvalue weighted by Gasteiger charge is 2.15. The van der Waals surface area contributed by atoms with E-state index in [2.05, 4.69) is 10.2 Å². The molecule has 1 aromatic carbocycles. The van der Waals surface area contributed by atoms with Crippen LogP contribution in [-0.2, 0) is 0 Å². The van der Waals surface area contributed by atoms with Gasteiger partial charge in [0.2, 0.25) is 0 Å². The molecule has 0 fully saturated rings. The molecule has 0 spiro atoms. The fourth-order valence-electron chi connectivity index (χ4n) is 1.76. The SMILES string of the molecule is COc1c(C)cc(F)cc1-c1cc(C(=O)O)[nH]n1. The minimum Gasteiger partial charge on any atom is -0.496 e. The number of carbonyl (C=O) groups is 1. The summed E-state index contributed by atoms with van der Waals surface area (Å²) in [5.74, 6) is -1.08. The number of benzene rings is 1. The van der Waals surface area contributed by atoms with Crippen molar-refractivity contribution in [1.82, 2.24) is 10.2 Å². The number of carboxylic acids is 1. The van der Waals surface area contributed by atoms with E-state index in [1.807, 2.05) is 0 Å². The molecule has 0 aliphatic rings. The molecule has 18 heavy (non-hydrogen) atoms. The molecule has 0 aliphatic carbocycles. The zero-order chi connectivity index (χ0) is 13.3. The van der Waals surface area contributed by atoms with Crippen molar-refractivity contribution in [3.05, 3.63) is 35.3 Å². The highest BCUT2D eigenvalue weighted by Crippen LogP contribution is 2.32. The summed E-state index contributed by atoms with van der Waals surface area (Å²) in [6.07, 6.45) is 0. The van der Waals surface area contributed by atoms with Gasteiger partial charge in [0.1, 0.15) is 17.3 Å². The monoisotopic (exact) mass is 250 g/mol. The van der Waals surface area contributed by atoms with E-state index in [-0.39, 0.29) is 5.69 Å². The number of aryl methyl sites for hydroxylation is 1. The molecular weight excluding hydrogens is 239 g/mol. The van der Waals surface area contributed by atoms with Crippen LogP contribution in [0.3, 0.4) is 0 Å². The average Bonchev–Trinajstić information content (AvgIpc) is 2.77. The number of ether oxygens (including phenoxy) is 1. The third kappa shape index (κ3) is 2.04. The van der Waals surface area contributed by atoms with E-state index >= 15 is 0 Å². The Balaban J connectivity index is 2.58. The number of aromatic nitrogens is 2. The van der Waals surface area contributed by atoms with Crippen LogP contribution in [0.4, 0.5) is 4.39 Å². The van der Waals surface area contributed by atoms with Crippen LogP contribution in [0.2, 0.25) is 0 Å². The van der Waals surface area contributed by atoms with Gasteiger partial charge in [-0.15, -0.1) is 0 Å². The van der Waals surface area contributed by atoms with Gasteiger partial charge in [0, 0.05) is 5.56 Å². The molecule has 2 rings (SSSR count). The maximum Gasteiger partial charge on any atom is 0.353 e. The van der Waals surface area contributed by atoms with Crippen molar-refractivity contribution in [3.8, 4) is 17.0 Å². The molecule has 5 nitrogen and oxygen atoms in total. The normalized spacial score (nSPS) is 10.4. The molecule has 0 aliphatic heterocycles. The molecule has 0 radical (unpaired) electrons. The third-order valence-corrected chi connectivity index (χ3v) is 2.53. The summed E-state index contributed by atoms with van der Waals surface area (Å²) in [7, 11) is 1.47. The van der Waals surface area contributed by atoms with Crippen LogP contribution in [0.1, 0.15) is 16.1 Å². The zero-order valence-corrected chi connectivity index (χ0v) is 9.82. The number of nitrogens with zero attached hydrogens (tertiary/aromatic N) is 1. The van der Waals surface area contributed by atoms with E-state index in [1.54, 1.807) is 6.92 Å². The number of H-pyrrole nitrogens is 1. The van der Waals surface area contributed by atoms with Crippen LogP contribution in [0.25, 0.3) is 11.3 Å². The lowest BCUT2D eigenvalue weighted by Gasteiger charge is -2.09. The Morgan fingerprint density at radius 1 is 1.44 bits per heavy atom. The van der Waals surface area contributed by atoms with Gasteiger partial charge in [-0.1, -0.05) is 0 Å². The van der Waals surface area contributed by atoms with Gasteiger partial charge in [-0.05, 0) is 30.7 Å². The molecule has 0 saturated carbocycles. The summed E-state index contributed by atoms with van der Waals surface area (Å²) >= 11 is 0. The largest absolute Gasteiger partial charge is 0.496 e. The van der Waals surface area contributed by atoms with E-state index in [0.717, 1.165) is 0 Å². The summed E-state index contributed by atoms with van der Waals surface area (Å²) in [5.41, 5.74) is 1.30. The van der Waals surface area contributed by atoms with Gasteiger partial charge in [0.05, 0.1) is 12.8 Å². The summed E-state index contributed by atoms with van der Waals surface area (Å²) in [4.78, 5) is 10.8. The summed E-state index contributed by atoms with van der Waals surface area (Å²) in [6.45, 7) is 1.70. The molecule has 0 atom stereocenters. The molecule has 1 heterocycles. The number of hydrogen-bond acceptors (Lipinski definition) is 3. The lowest BCUT2D eigenvalue weighted by Crippen LogP contribution is -1.95. The maximum absolute atomic E-state index is 13.4. The first-order chi connectivity index (χ1) is 8.52. The third-order valence-electron chi connectivity index (χ3n) is 2.53. The van der Waals surface area contributed by atoms with E-state index in [0.29, 0.717) is 22.6 Å². The minimum absolute atomic E-state index is 0.0611. The predicted octanol–water partition coefficient (Wildman–Crippen LogP) is 2.23. The quantitative estimate of drug-likeness (QED) is 0.875. The first-order valence-electron chi connectivity index (χ1n) is 5.16. The van der Waals surface area contributed by atoms with Crippen LogP contribution >= 0.6 is 0 Å². The van der Waals surface area contributed by atoms with Crippen molar-refractivity contribution in [2.24, 2.45) is 0 Å². The van der Waals surface area contributed by atoms with Gasteiger partial charge in [0.15, 0.2) is 0 Å². The number of methoxy groups -OCH3 is 1. The standard InChI is InChI=1S/C12H11FN2O3/c1-6-3-7(13)4-8(11(6)18-2)9-5-10(12(16)17)15-14-9/h3-5H,1-2H3,(H,14,15)(H,16,17). The van der Waals surface area contributed by atoms with Crippen molar-refractivity contribution in [2.45, 2.75) is 6.92 Å². The Labute approximate surface area is 102 Å². The van der Waals surface area contributed by atoms with Crippen molar-refractivity contribution in [3.63, 3.8) is 0 Å². The van der Waals surface area contributed by atoms with E-state index in [4.69, 9.17) is 9.84 Å². The number of aromatic carboxylic acids is 1. The van der Waals surface area contributed by atoms with Gasteiger partial charge in [-0.25, -0.2) is 9.18 Å². The van der Waals surface area contributed by atoms with Crippen molar-refractivity contribution >= 4 is 5.97 Å². The summed E-state index contributed by atoms with van der Waals surface area (Å²) in [6, 6.07) is 3.93. The molecule has 94 valence electrons. The number of halogens is 1. The number of nitrogens with one attached hydrogen (secondary N) is 1.